The molecule has 0 atom stereocenters. The minimum atomic E-state index is -0.800. The van der Waals surface area contributed by atoms with E-state index < -0.39 is 5.67 Å². The van der Waals surface area contributed by atoms with Gasteiger partial charge < -0.3 is 0 Å². The van der Waals surface area contributed by atoms with E-state index in [0.29, 0.717) is 0 Å². The average molecular weight is 282 g/mol. The third-order valence-electron chi connectivity index (χ3n) is 6.16. The largest absolute Gasteiger partial charge is 0.244 e. The highest BCUT2D eigenvalue weighted by molar-refractivity contribution is 4.89. The minimum Gasteiger partial charge on any atom is -0.244 e. The van der Waals surface area contributed by atoms with Gasteiger partial charge in [-0.3, -0.25) is 0 Å². The first-order valence-electron chi connectivity index (χ1n) is 9.35. The molecule has 0 aromatic heterocycles. The van der Waals surface area contributed by atoms with Crippen molar-refractivity contribution in [2.75, 3.05) is 0 Å². The van der Waals surface area contributed by atoms with Crippen LogP contribution >= 0.6 is 0 Å². The highest BCUT2D eigenvalue weighted by Gasteiger charge is 2.37. The molecule has 2 fully saturated rings. The Labute approximate surface area is 125 Å². The lowest BCUT2D eigenvalue weighted by Crippen LogP contribution is -2.33. The molecule has 0 N–H and O–H groups in total. The molecule has 0 saturated heterocycles. The maximum absolute atomic E-state index is 14.7. The van der Waals surface area contributed by atoms with Crippen LogP contribution in [0.25, 0.3) is 0 Å². The van der Waals surface area contributed by atoms with Crippen molar-refractivity contribution >= 4 is 0 Å². The van der Waals surface area contributed by atoms with Crippen LogP contribution in [0.2, 0.25) is 0 Å². The van der Waals surface area contributed by atoms with Crippen molar-refractivity contribution in [1.82, 2.24) is 0 Å². The predicted molar refractivity (Wildman–Crippen MR) is 85.7 cm³/mol. The molecule has 2 aliphatic rings. The molecule has 20 heavy (non-hydrogen) atoms. The van der Waals surface area contributed by atoms with Crippen molar-refractivity contribution in [3.8, 4) is 0 Å². The van der Waals surface area contributed by atoms with Gasteiger partial charge in [-0.15, -0.1) is 0 Å². The normalized spacial score (nSPS) is 38.9. The molecule has 0 bridgehead atoms. The zero-order chi connectivity index (χ0) is 14.4. The van der Waals surface area contributed by atoms with Gasteiger partial charge in [0.2, 0.25) is 0 Å². The lowest BCUT2D eigenvalue weighted by atomic mass is 9.67. The maximum Gasteiger partial charge on any atom is 0.111 e. The fourth-order valence-corrected chi connectivity index (χ4v) is 4.73. The molecule has 0 aromatic carbocycles. The average Bonchev–Trinajstić information content (AvgIpc) is 2.47. The lowest BCUT2D eigenvalue weighted by Gasteiger charge is -2.40. The Balaban J connectivity index is 1.72. The summed E-state index contributed by atoms with van der Waals surface area (Å²) >= 11 is 0. The van der Waals surface area contributed by atoms with Crippen LogP contribution < -0.4 is 0 Å². The number of unbranched alkanes of at least 4 members (excludes halogenated alkanes) is 1. The Bertz CT molecular complexity index is 257. The van der Waals surface area contributed by atoms with E-state index in [1.165, 1.54) is 51.4 Å². The van der Waals surface area contributed by atoms with Crippen LogP contribution in [0.15, 0.2) is 0 Å². The van der Waals surface area contributed by atoms with Crippen LogP contribution in [0.1, 0.15) is 97.3 Å². The summed E-state index contributed by atoms with van der Waals surface area (Å²) in [4.78, 5) is 0. The topological polar surface area (TPSA) is 0 Å². The molecule has 0 heterocycles. The molecule has 0 aliphatic heterocycles. The van der Waals surface area contributed by atoms with Crippen molar-refractivity contribution in [2.24, 2.45) is 17.8 Å². The molecule has 118 valence electrons. The van der Waals surface area contributed by atoms with Crippen molar-refractivity contribution in [3.05, 3.63) is 0 Å². The summed E-state index contributed by atoms with van der Waals surface area (Å²) in [6.45, 7) is 4.48. The minimum absolute atomic E-state index is 0.800. The third-order valence-corrected chi connectivity index (χ3v) is 6.16. The second kappa shape index (κ2) is 7.80. The molecular weight excluding hydrogens is 247 g/mol. The molecule has 0 aromatic rings. The van der Waals surface area contributed by atoms with Gasteiger partial charge in [-0.2, -0.15) is 0 Å². The summed E-state index contributed by atoms with van der Waals surface area (Å²) in [6.07, 6.45) is 15.6. The van der Waals surface area contributed by atoms with Crippen LogP contribution in [0.4, 0.5) is 4.39 Å². The molecule has 0 amide bonds. The van der Waals surface area contributed by atoms with Gasteiger partial charge in [-0.1, -0.05) is 52.4 Å². The smallest absolute Gasteiger partial charge is 0.111 e. The van der Waals surface area contributed by atoms with Crippen LogP contribution in [0.3, 0.4) is 0 Å². The molecule has 1 heteroatoms. The Morgan fingerprint density at radius 2 is 1.45 bits per heavy atom. The first-order valence-corrected chi connectivity index (χ1v) is 9.35. The fourth-order valence-electron chi connectivity index (χ4n) is 4.73. The summed E-state index contributed by atoms with van der Waals surface area (Å²) in [6, 6.07) is 0. The summed E-state index contributed by atoms with van der Waals surface area (Å²) in [7, 11) is 0. The Hall–Kier alpha value is -0.0700. The van der Waals surface area contributed by atoms with Crippen LogP contribution in [0, 0.1) is 17.8 Å². The molecule has 0 radical (unpaired) electrons. The maximum atomic E-state index is 14.7. The van der Waals surface area contributed by atoms with Crippen LogP contribution in [0.5, 0.6) is 0 Å². The molecule has 2 saturated carbocycles. The van der Waals surface area contributed by atoms with E-state index in [4.69, 9.17) is 0 Å². The van der Waals surface area contributed by atoms with Gasteiger partial charge >= 0.3 is 0 Å². The van der Waals surface area contributed by atoms with E-state index in [-0.39, 0.29) is 0 Å². The Kier molecular flexibility index (Phi) is 6.36. The van der Waals surface area contributed by atoms with Gasteiger partial charge in [0.15, 0.2) is 0 Å². The Morgan fingerprint density at radius 3 is 2.00 bits per heavy atom. The van der Waals surface area contributed by atoms with E-state index >= 15 is 0 Å². The lowest BCUT2D eigenvalue weighted by molar-refractivity contribution is 0.0459. The van der Waals surface area contributed by atoms with E-state index in [1.54, 1.807) is 0 Å². The van der Waals surface area contributed by atoms with Gasteiger partial charge in [-0.05, 0) is 62.7 Å². The zero-order valence-corrected chi connectivity index (χ0v) is 13.8. The van der Waals surface area contributed by atoms with Gasteiger partial charge in [-0.25, -0.2) is 4.39 Å². The third kappa shape index (κ3) is 4.46. The van der Waals surface area contributed by atoms with E-state index in [9.17, 15) is 4.39 Å². The van der Waals surface area contributed by atoms with E-state index in [1.807, 2.05) is 0 Å². The number of halogens is 1. The van der Waals surface area contributed by atoms with E-state index in [0.717, 1.165) is 49.9 Å². The standard InChI is InChI=1S/C19H35F/c1-3-5-13-19(20)14-11-18(12-15-19)17-9-7-16(6-4-2)8-10-17/h16-18H,3-15H2,1-2H3/t16?,17?,18-,19+. The van der Waals surface area contributed by atoms with Crippen molar-refractivity contribution in [3.63, 3.8) is 0 Å². The molecular formula is C19H35F. The monoisotopic (exact) mass is 282 g/mol. The van der Waals surface area contributed by atoms with Gasteiger partial charge in [0.05, 0.1) is 0 Å². The molecule has 0 spiro atoms. The fraction of sp³-hybridized carbons (Fsp3) is 1.00. The van der Waals surface area contributed by atoms with E-state index in [2.05, 4.69) is 13.8 Å². The Morgan fingerprint density at radius 1 is 0.850 bits per heavy atom. The molecule has 0 unspecified atom stereocenters. The van der Waals surface area contributed by atoms with Gasteiger partial charge in [0.25, 0.3) is 0 Å². The van der Waals surface area contributed by atoms with Crippen molar-refractivity contribution in [1.29, 1.82) is 0 Å². The summed E-state index contributed by atoms with van der Waals surface area (Å²) in [5, 5.41) is 0. The number of hydrogen-bond donors (Lipinski definition) is 0. The number of rotatable bonds is 6. The van der Waals surface area contributed by atoms with Gasteiger partial charge in [0, 0.05) is 0 Å². The van der Waals surface area contributed by atoms with Crippen molar-refractivity contribution in [2.45, 2.75) is 103 Å². The molecule has 2 rings (SSSR count). The second-order valence-electron chi connectivity index (χ2n) is 7.66. The number of alkyl halides is 1. The summed E-state index contributed by atoms with van der Waals surface area (Å²) in [5.74, 6) is 2.78. The zero-order valence-electron chi connectivity index (χ0n) is 13.8. The second-order valence-corrected chi connectivity index (χ2v) is 7.66. The van der Waals surface area contributed by atoms with Crippen molar-refractivity contribution < 1.29 is 4.39 Å². The first-order chi connectivity index (χ1) is 9.67. The number of hydrogen-bond acceptors (Lipinski definition) is 0. The first kappa shape index (κ1) is 16.3. The van der Waals surface area contributed by atoms with Crippen LogP contribution in [-0.2, 0) is 0 Å². The SMILES string of the molecule is CCCC[C@]1(F)CC[C@@H](C2CCC(CCC)CC2)CC1. The summed E-state index contributed by atoms with van der Waals surface area (Å²) < 4.78 is 14.7. The highest BCUT2D eigenvalue weighted by atomic mass is 19.1. The molecule has 2 aliphatic carbocycles. The molecule has 0 nitrogen and oxygen atoms in total. The predicted octanol–water partition coefficient (Wildman–Crippen LogP) is 6.68. The quantitative estimate of drug-likeness (QED) is 0.509. The highest BCUT2D eigenvalue weighted by Crippen LogP contribution is 2.45. The van der Waals surface area contributed by atoms with Crippen LogP contribution in [-0.4, -0.2) is 5.67 Å². The summed E-state index contributed by atoms with van der Waals surface area (Å²) in [5.41, 5.74) is -0.800. The van der Waals surface area contributed by atoms with Gasteiger partial charge in [0.1, 0.15) is 5.67 Å².